The lowest BCUT2D eigenvalue weighted by atomic mass is 10.1. The van der Waals surface area contributed by atoms with E-state index in [4.69, 9.17) is 4.98 Å². The maximum absolute atomic E-state index is 12.7. The number of rotatable bonds is 5. The molecule has 0 unspecified atom stereocenters. The van der Waals surface area contributed by atoms with E-state index in [1.165, 1.54) is 16.3 Å². The molecule has 1 amide bonds. The van der Waals surface area contributed by atoms with Gasteiger partial charge in [-0.3, -0.25) is 4.79 Å². The second-order valence-corrected chi connectivity index (χ2v) is 7.78. The van der Waals surface area contributed by atoms with E-state index in [1.807, 2.05) is 49.4 Å². The molecule has 5 aromatic rings. The summed E-state index contributed by atoms with van der Waals surface area (Å²) in [5, 5.41) is 5.50. The largest absolute Gasteiger partial charge is 0.345 e. The van der Waals surface area contributed by atoms with Gasteiger partial charge < -0.3 is 9.88 Å². The Morgan fingerprint density at radius 3 is 2.48 bits per heavy atom. The van der Waals surface area contributed by atoms with E-state index in [0.717, 1.165) is 22.4 Å². The van der Waals surface area contributed by atoms with Crippen LogP contribution < -0.4 is 5.32 Å². The molecule has 0 bridgehead atoms. The van der Waals surface area contributed by atoms with Crippen molar-refractivity contribution in [2.75, 3.05) is 0 Å². The Balaban J connectivity index is 1.46. The number of imidazole rings is 1. The molecule has 5 rings (SSSR count). The van der Waals surface area contributed by atoms with Gasteiger partial charge in [0.25, 0.3) is 5.91 Å². The van der Waals surface area contributed by atoms with Crippen molar-refractivity contribution in [2.45, 2.75) is 20.0 Å². The first-order valence-corrected chi connectivity index (χ1v) is 10.4. The van der Waals surface area contributed by atoms with E-state index >= 15 is 0 Å². The van der Waals surface area contributed by atoms with Crippen molar-refractivity contribution in [3.05, 3.63) is 114 Å². The van der Waals surface area contributed by atoms with Crippen molar-refractivity contribution in [1.29, 1.82) is 0 Å². The highest BCUT2D eigenvalue weighted by atomic mass is 16.1. The van der Waals surface area contributed by atoms with Gasteiger partial charge in [-0.2, -0.15) is 0 Å². The van der Waals surface area contributed by atoms with E-state index in [2.05, 4.69) is 58.4 Å². The van der Waals surface area contributed by atoms with Gasteiger partial charge in [-0.1, -0.05) is 66.7 Å². The zero-order valence-electron chi connectivity index (χ0n) is 17.4. The van der Waals surface area contributed by atoms with Crippen LogP contribution >= 0.6 is 0 Å². The number of aryl methyl sites for hydroxylation is 1. The Bertz CT molecular complexity index is 1400. The molecule has 0 radical (unpaired) electrons. The van der Waals surface area contributed by atoms with Crippen molar-refractivity contribution in [2.24, 2.45) is 0 Å². The molecule has 4 heteroatoms. The van der Waals surface area contributed by atoms with Crippen LogP contribution in [0.2, 0.25) is 0 Å². The summed E-state index contributed by atoms with van der Waals surface area (Å²) < 4.78 is 2.19. The van der Waals surface area contributed by atoms with Gasteiger partial charge in [0, 0.05) is 12.1 Å². The van der Waals surface area contributed by atoms with Crippen LogP contribution in [0.4, 0.5) is 0 Å². The van der Waals surface area contributed by atoms with Gasteiger partial charge in [0.2, 0.25) is 0 Å². The molecule has 0 aliphatic rings. The lowest BCUT2D eigenvalue weighted by Crippen LogP contribution is -2.25. The van der Waals surface area contributed by atoms with E-state index in [1.54, 1.807) is 0 Å². The van der Waals surface area contributed by atoms with Crippen molar-refractivity contribution in [1.82, 2.24) is 14.9 Å². The third kappa shape index (κ3) is 3.80. The van der Waals surface area contributed by atoms with Crippen LogP contribution in [-0.4, -0.2) is 15.5 Å². The molecule has 0 saturated carbocycles. The fourth-order valence-electron chi connectivity index (χ4n) is 4.04. The van der Waals surface area contributed by atoms with Crippen molar-refractivity contribution < 1.29 is 4.79 Å². The molecule has 1 heterocycles. The van der Waals surface area contributed by atoms with E-state index in [-0.39, 0.29) is 5.91 Å². The minimum atomic E-state index is -0.0811. The normalized spacial score (nSPS) is 11.1. The molecule has 0 fully saturated rings. The molecule has 152 valence electrons. The quantitative estimate of drug-likeness (QED) is 0.421. The second kappa shape index (κ2) is 8.07. The number of hydrogen-bond acceptors (Lipinski definition) is 2. The Morgan fingerprint density at radius 1 is 0.871 bits per heavy atom. The number of aromatic nitrogens is 2. The number of amides is 1. The maximum Gasteiger partial charge on any atom is 0.251 e. The molecular weight excluding hydrogens is 382 g/mol. The van der Waals surface area contributed by atoms with Crippen molar-refractivity contribution in [3.8, 4) is 0 Å². The van der Waals surface area contributed by atoms with Crippen LogP contribution in [0.15, 0.2) is 91.0 Å². The minimum Gasteiger partial charge on any atom is -0.345 e. The summed E-state index contributed by atoms with van der Waals surface area (Å²) in [4.78, 5) is 17.5. The summed E-state index contributed by atoms with van der Waals surface area (Å²) in [7, 11) is 0. The molecule has 1 N–H and O–H groups in total. The first-order valence-electron chi connectivity index (χ1n) is 10.4. The monoisotopic (exact) mass is 405 g/mol. The Kier molecular flexibility index (Phi) is 4.97. The number of carbonyl (C=O) groups excluding carboxylic acids is 1. The van der Waals surface area contributed by atoms with Crippen LogP contribution in [0.5, 0.6) is 0 Å². The predicted octanol–water partition coefficient (Wildman–Crippen LogP) is 5.48. The number of hydrogen-bond donors (Lipinski definition) is 1. The Labute approximate surface area is 181 Å². The summed E-state index contributed by atoms with van der Waals surface area (Å²) in [6.45, 7) is 3.01. The van der Waals surface area contributed by atoms with E-state index in [0.29, 0.717) is 18.7 Å². The zero-order chi connectivity index (χ0) is 21.2. The van der Waals surface area contributed by atoms with Gasteiger partial charge in [-0.25, -0.2) is 4.98 Å². The van der Waals surface area contributed by atoms with Gasteiger partial charge in [0.15, 0.2) is 0 Å². The van der Waals surface area contributed by atoms with Gasteiger partial charge in [0.05, 0.1) is 17.6 Å². The van der Waals surface area contributed by atoms with Crippen LogP contribution in [0.3, 0.4) is 0 Å². The number of para-hydroxylation sites is 2. The fraction of sp³-hybridized carbons (Fsp3) is 0.111. The summed E-state index contributed by atoms with van der Waals surface area (Å²) in [6.07, 6.45) is 0. The van der Waals surface area contributed by atoms with Crippen molar-refractivity contribution >= 4 is 27.7 Å². The lowest BCUT2D eigenvalue weighted by molar-refractivity contribution is 0.0949. The molecule has 0 spiro atoms. The van der Waals surface area contributed by atoms with Crippen molar-refractivity contribution in [3.63, 3.8) is 0 Å². The number of benzene rings is 4. The summed E-state index contributed by atoms with van der Waals surface area (Å²) >= 11 is 0. The molecule has 0 atom stereocenters. The fourth-order valence-corrected chi connectivity index (χ4v) is 4.04. The van der Waals surface area contributed by atoms with Gasteiger partial charge in [-0.15, -0.1) is 0 Å². The average molecular weight is 406 g/mol. The molecule has 31 heavy (non-hydrogen) atoms. The number of fused-ring (bicyclic) bond motifs is 2. The highest BCUT2D eigenvalue weighted by Crippen LogP contribution is 2.21. The number of carbonyl (C=O) groups is 1. The number of nitrogens with zero attached hydrogens (tertiary/aromatic N) is 2. The van der Waals surface area contributed by atoms with Crippen LogP contribution in [-0.2, 0) is 13.1 Å². The predicted molar refractivity (Wildman–Crippen MR) is 125 cm³/mol. The number of nitrogens with one attached hydrogen (secondary N) is 1. The molecule has 1 aromatic heterocycles. The first-order chi connectivity index (χ1) is 15.2. The van der Waals surface area contributed by atoms with Crippen LogP contribution in [0, 0.1) is 6.92 Å². The van der Waals surface area contributed by atoms with Gasteiger partial charge in [0.1, 0.15) is 5.82 Å². The third-order valence-corrected chi connectivity index (χ3v) is 5.68. The minimum absolute atomic E-state index is 0.0811. The Morgan fingerprint density at radius 2 is 1.61 bits per heavy atom. The topological polar surface area (TPSA) is 46.9 Å². The van der Waals surface area contributed by atoms with Gasteiger partial charge in [-0.05, 0) is 53.1 Å². The average Bonchev–Trinajstić information content (AvgIpc) is 3.15. The smallest absolute Gasteiger partial charge is 0.251 e. The second-order valence-electron chi connectivity index (χ2n) is 7.78. The molecule has 0 aliphatic heterocycles. The first kappa shape index (κ1) is 19.1. The van der Waals surface area contributed by atoms with Crippen LogP contribution in [0.25, 0.3) is 21.8 Å². The highest BCUT2D eigenvalue weighted by Gasteiger charge is 2.14. The summed E-state index contributed by atoms with van der Waals surface area (Å²) in [5.41, 5.74) is 4.86. The SMILES string of the molecule is Cc1ccccc1C(=O)NCc1nc2ccccc2n1Cc1ccc2ccccc2c1. The van der Waals surface area contributed by atoms with Gasteiger partial charge >= 0.3 is 0 Å². The van der Waals surface area contributed by atoms with Crippen LogP contribution in [0.1, 0.15) is 27.3 Å². The summed E-state index contributed by atoms with van der Waals surface area (Å²) in [5.74, 6) is 0.763. The standard InChI is InChI=1S/C27H23N3O/c1-19-8-2-5-11-23(19)27(31)28-17-26-29-24-12-6-7-13-25(24)30(26)18-20-14-15-21-9-3-4-10-22(21)16-20/h2-16H,17-18H2,1H3,(H,28,31). The summed E-state index contributed by atoms with van der Waals surface area (Å²) in [6, 6.07) is 30.6. The molecule has 0 aliphatic carbocycles. The van der Waals surface area contributed by atoms with E-state index in [9.17, 15) is 4.79 Å². The Hall–Kier alpha value is -3.92. The molecule has 4 aromatic carbocycles. The zero-order valence-corrected chi connectivity index (χ0v) is 17.4. The maximum atomic E-state index is 12.7. The molecular formula is C27H23N3O. The lowest BCUT2D eigenvalue weighted by Gasteiger charge is -2.12. The molecule has 0 saturated heterocycles. The van der Waals surface area contributed by atoms with E-state index < -0.39 is 0 Å². The highest BCUT2D eigenvalue weighted by molar-refractivity contribution is 5.95. The third-order valence-electron chi connectivity index (χ3n) is 5.68. The molecule has 4 nitrogen and oxygen atoms in total.